The van der Waals surface area contributed by atoms with Crippen molar-refractivity contribution in [1.29, 1.82) is 0 Å². The van der Waals surface area contributed by atoms with Gasteiger partial charge in [-0.15, -0.1) is 0 Å². The molecular weight excluding hydrogens is 246 g/mol. The van der Waals surface area contributed by atoms with Crippen LogP contribution in [0.15, 0.2) is 18.2 Å². The summed E-state index contributed by atoms with van der Waals surface area (Å²) in [6.07, 6.45) is 3.70. The first kappa shape index (κ1) is 12.3. The molecule has 0 bridgehead atoms. The van der Waals surface area contributed by atoms with Gasteiger partial charge in [-0.05, 0) is 31.4 Å². The summed E-state index contributed by atoms with van der Waals surface area (Å²) in [6, 6.07) is 5.40. The quantitative estimate of drug-likeness (QED) is 0.905. The second-order valence-electron chi connectivity index (χ2n) is 4.79. The van der Waals surface area contributed by atoms with Crippen LogP contribution in [0.1, 0.15) is 25.7 Å². The van der Waals surface area contributed by atoms with Crippen molar-refractivity contribution in [2.75, 3.05) is 18.7 Å². The van der Waals surface area contributed by atoms with Gasteiger partial charge >= 0.3 is 0 Å². The van der Waals surface area contributed by atoms with Gasteiger partial charge in [0.2, 0.25) is 12.7 Å². The summed E-state index contributed by atoms with van der Waals surface area (Å²) in [7, 11) is 0. The Morgan fingerprint density at radius 3 is 3.05 bits per heavy atom. The topological polar surface area (TPSA) is 56.8 Å². The van der Waals surface area contributed by atoms with Crippen molar-refractivity contribution in [3.63, 3.8) is 0 Å². The zero-order valence-electron chi connectivity index (χ0n) is 10.7. The first-order chi connectivity index (χ1) is 9.31. The van der Waals surface area contributed by atoms with E-state index in [9.17, 15) is 4.79 Å². The molecule has 1 aromatic rings. The lowest BCUT2D eigenvalue weighted by atomic mass is 10.1. The zero-order valence-corrected chi connectivity index (χ0v) is 10.7. The predicted molar refractivity (Wildman–Crippen MR) is 69.4 cm³/mol. The van der Waals surface area contributed by atoms with Gasteiger partial charge in [-0.1, -0.05) is 0 Å². The highest BCUT2D eigenvalue weighted by Crippen LogP contribution is 2.34. The predicted octanol–water partition coefficient (Wildman–Crippen LogP) is 2.31. The number of carbonyl (C=O) groups excluding carboxylic acids is 1. The Balaban J connectivity index is 1.51. The van der Waals surface area contributed by atoms with Crippen LogP contribution in [-0.4, -0.2) is 25.4 Å². The molecule has 1 saturated heterocycles. The molecule has 0 radical (unpaired) electrons. The van der Waals surface area contributed by atoms with Crippen molar-refractivity contribution in [3.8, 4) is 11.5 Å². The lowest BCUT2D eigenvalue weighted by molar-refractivity contribution is -0.116. The minimum absolute atomic E-state index is 0.00867. The standard InChI is InChI=1S/C14H17NO4/c16-14(6-4-11-2-1-7-17-11)15-10-3-5-12-13(8-10)19-9-18-12/h3,5,8,11H,1-2,4,6-7,9H2,(H,15,16)/t11-/m1/s1. The number of benzene rings is 1. The molecule has 5 nitrogen and oxygen atoms in total. The lowest BCUT2D eigenvalue weighted by Gasteiger charge is -2.09. The smallest absolute Gasteiger partial charge is 0.231 e. The summed E-state index contributed by atoms with van der Waals surface area (Å²) in [5.74, 6) is 1.41. The second-order valence-corrected chi connectivity index (χ2v) is 4.79. The molecule has 1 N–H and O–H groups in total. The average Bonchev–Trinajstić information content (AvgIpc) is 3.07. The van der Waals surface area contributed by atoms with Crippen LogP contribution in [0.25, 0.3) is 0 Å². The van der Waals surface area contributed by atoms with Gasteiger partial charge in [0.25, 0.3) is 0 Å². The van der Waals surface area contributed by atoms with E-state index in [2.05, 4.69) is 5.32 Å². The fraction of sp³-hybridized carbons (Fsp3) is 0.500. The van der Waals surface area contributed by atoms with Crippen molar-refractivity contribution in [1.82, 2.24) is 0 Å². The summed E-state index contributed by atoms with van der Waals surface area (Å²) in [6.45, 7) is 1.07. The van der Waals surface area contributed by atoms with Gasteiger partial charge in [-0.2, -0.15) is 0 Å². The Labute approximate surface area is 111 Å². The molecule has 0 unspecified atom stereocenters. The van der Waals surface area contributed by atoms with Gasteiger partial charge in [-0.25, -0.2) is 0 Å². The Kier molecular flexibility index (Phi) is 3.55. The largest absolute Gasteiger partial charge is 0.454 e. The number of rotatable bonds is 4. The lowest BCUT2D eigenvalue weighted by Crippen LogP contribution is -2.15. The van der Waals surface area contributed by atoms with Gasteiger partial charge in [0.1, 0.15) is 0 Å². The first-order valence-electron chi connectivity index (χ1n) is 6.62. The molecule has 2 aliphatic rings. The van der Waals surface area contributed by atoms with Gasteiger partial charge in [0.15, 0.2) is 11.5 Å². The van der Waals surface area contributed by atoms with Crippen LogP contribution in [0.5, 0.6) is 11.5 Å². The molecule has 3 rings (SSSR count). The second kappa shape index (κ2) is 5.48. The van der Waals surface area contributed by atoms with E-state index in [0.717, 1.165) is 37.3 Å². The third kappa shape index (κ3) is 2.98. The molecule has 5 heteroatoms. The molecule has 1 atom stereocenters. The maximum atomic E-state index is 11.8. The number of carbonyl (C=O) groups is 1. The van der Waals surface area contributed by atoms with Gasteiger partial charge in [0.05, 0.1) is 6.10 Å². The molecule has 2 heterocycles. The molecule has 0 aliphatic carbocycles. The van der Waals surface area contributed by atoms with E-state index in [1.807, 2.05) is 6.07 Å². The van der Waals surface area contributed by atoms with Crippen molar-refractivity contribution < 1.29 is 19.0 Å². The summed E-state index contributed by atoms with van der Waals surface area (Å²) in [5.41, 5.74) is 0.738. The molecule has 0 saturated carbocycles. The molecule has 102 valence electrons. The fourth-order valence-electron chi connectivity index (χ4n) is 2.36. The van der Waals surface area contributed by atoms with Crippen LogP contribution in [0.4, 0.5) is 5.69 Å². The SMILES string of the molecule is O=C(CC[C@H]1CCCO1)Nc1ccc2c(c1)OCO2. The van der Waals surface area contributed by atoms with E-state index in [1.54, 1.807) is 12.1 Å². The van der Waals surface area contributed by atoms with Crippen molar-refractivity contribution in [2.24, 2.45) is 0 Å². The van der Waals surface area contributed by atoms with Gasteiger partial charge < -0.3 is 19.5 Å². The highest BCUT2D eigenvalue weighted by atomic mass is 16.7. The normalized spacial score (nSPS) is 20.5. The number of hydrogen-bond acceptors (Lipinski definition) is 4. The molecule has 1 aromatic carbocycles. The Morgan fingerprint density at radius 2 is 2.21 bits per heavy atom. The molecule has 19 heavy (non-hydrogen) atoms. The van der Waals surface area contributed by atoms with Crippen LogP contribution in [-0.2, 0) is 9.53 Å². The molecule has 0 aromatic heterocycles. The third-order valence-electron chi connectivity index (χ3n) is 3.37. The van der Waals surface area contributed by atoms with Gasteiger partial charge in [0, 0.05) is 24.8 Å². The minimum atomic E-state index is 0.00867. The highest BCUT2D eigenvalue weighted by molar-refractivity contribution is 5.91. The number of fused-ring (bicyclic) bond motifs is 1. The summed E-state index contributed by atoms with van der Waals surface area (Å²) in [4.78, 5) is 11.8. The molecular formula is C14H17NO4. The zero-order chi connectivity index (χ0) is 13.1. The van der Waals surface area contributed by atoms with E-state index in [4.69, 9.17) is 14.2 Å². The average molecular weight is 263 g/mol. The van der Waals surface area contributed by atoms with Crippen molar-refractivity contribution in [3.05, 3.63) is 18.2 Å². The van der Waals surface area contributed by atoms with E-state index < -0.39 is 0 Å². The van der Waals surface area contributed by atoms with E-state index in [-0.39, 0.29) is 18.8 Å². The summed E-state index contributed by atoms with van der Waals surface area (Å²) < 4.78 is 16.0. The van der Waals surface area contributed by atoms with Gasteiger partial charge in [-0.3, -0.25) is 4.79 Å². The number of amides is 1. The van der Waals surface area contributed by atoms with E-state index >= 15 is 0 Å². The maximum absolute atomic E-state index is 11.8. The third-order valence-corrected chi connectivity index (χ3v) is 3.37. The molecule has 1 amide bonds. The monoisotopic (exact) mass is 263 g/mol. The fourth-order valence-corrected chi connectivity index (χ4v) is 2.36. The number of anilines is 1. The number of ether oxygens (including phenoxy) is 3. The van der Waals surface area contributed by atoms with E-state index in [0.29, 0.717) is 12.2 Å². The Bertz CT molecular complexity index is 469. The van der Waals surface area contributed by atoms with Crippen LogP contribution in [0.3, 0.4) is 0 Å². The molecule has 0 spiro atoms. The number of hydrogen-bond donors (Lipinski definition) is 1. The molecule has 2 aliphatic heterocycles. The van der Waals surface area contributed by atoms with Crippen LogP contribution < -0.4 is 14.8 Å². The Hall–Kier alpha value is -1.75. The number of nitrogens with one attached hydrogen (secondary N) is 1. The summed E-state index contributed by atoms with van der Waals surface area (Å²) in [5, 5.41) is 2.87. The summed E-state index contributed by atoms with van der Waals surface area (Å²) >= 11 is 0. The minimum Gasteiger partial charge on any atom is -0.454 e. The first-order valence-corrected chi connectivity index (χ1v) is 6.62. The highest BCUT2D eigenvalue weighted by Gasteiger charge is 2.17. The Morgan fingerprint density at radius 1 is 1.32 bits per heavy atom. The van der Waals surface area contributed by atoms with Crippen LogP contribution >= 0.6 is 0 Å². The van der Waals surface area contributed by atoms with Crippen LogP contribution in [0, 0.1) is 0 Å². The molecule has 1 fully saturated rings. The van der Waals surface area contributed by atoms with E-state index in [1.165, 1.54) is 0 Å². The van der Waals surface area contributed by atoms with Crippen molar-refractivity contribution in [2.45, 2.75) is 31.8 Å². The maximum Gasteiger partial charge on any atom is 0.231 e. The van der Waals surface area contributed by atoms with Crippen molar-refractivity contribution >= 4 is 11.6 Å². The van der Waals surface area contributed by atoms with Crippen LogP contribution in [0.2, 0.25) is 0 Å².